The molecule has 2 amide bonds. The number of furan rings is 1. The Balaban J connectivity index is 0.00000133. The monoisotopic (exact) mass is 459 g/mol. The lowest BCUT2D eigenvalue weighted by Gasteiger charge is -2.39. The fourth-order valence-electron chi connectivity index (χ4n) is 4.82. The van der Waals surface area contributed by atoms with Crippen molar-refractivity contribution in [3.63, 3.8) is 0 Å². The van der Waals surface area contributed by atoms with Gasteiger partial charge in [-0.1, -0.05) is 62.4 Å². The summed E-state index contributed by atoms with van der Waals surface area (Å²) >= 11 is 0. The number of hydrogen-bond donors (Lipinski definition) is 1. The molecule has 1 unspecified atom stereocenters. The lowest BCUT2D eigenvalue weighted by atomic mass is 9.89. The van der Waals surface area contributed by atoms with Crippen molar-refractivity contribution >= 4 is 22.8 Å². The van der Waals surface area contributed by atoms with Gasteiger partial charge < -0.3 is 19.5 Å². The van der Waals surface area contributed by atoms with Crippen LogP contribution in [0.25, 0.3) is 11.0 Å². The molecule has 0 radical (unpaired) electrons. The summed E-state index contributed by atoms with van der Waals surface area (Å²) in [4.78, 5) is 29.5. The van der Waals surface area contributed by atoms with Gasteiger partial charge in [0.1, 0.15) is 17.4 Å². The van der Waals surface area contributed by atoms with Crippen molar-refractivity contribution in [1.29, 1.82) is 0 Å². The highest BCUT2D eigenvalue weighted by atomic mass is 16.3. The van der Waals surface area contributed by atoms with E-state index in [0.29, 0.717) is 12.2 Å². The molecule has 1 N–H and O–H groups in total. The number of nitrogens with one attached hydrogen (secondary N) is 1. The summed E-state index contributed by atoms with van der Waals surface area (Å²) in [5.74, 6) is 0.693. The van der Waals surface area contributed by atoms with Gasteiger partial charge in [0.25, 0.3) is 0 Å². The summed E-state index contributed by atoms with van der Waals surface area (Å²) in [5, 5.41) is 4.48. The molecule has 2 aromatic rings. The van der Waals surface area contributed by atoms with Gasteiger partial charge in [0, 0.05) is 36.2 Å². The second-order valence-corrected chi connectivity index (χ2v) is 8.65. The number of piperazine rings is 1. The number of likely N-dealkylation sites (N-methyl/N-ethyl adjacent to an activating group) is 1. The highest BCUT2D eigenvalue weighted by Crippen LogP contribution is 2.36. The van der Waals surface area contributed by atoms with Gasteiger partial charge in [-0.2, -0.15) is 0 Å². The van der Waals surface area contributed by atoms with Gasteiger partial charge in [-0.3, -0.25) is 9.59 Å². The zero-order valence-corrected chi connectivity index (χ0v) is 20.4. The topological polar surface area (TPSA) is 65.8 Å². The SMILES string of the molecule is CC.CC1=C(C[C@H]2C(=O)N(C)CC(=O)N2Cc2cc3ccccc3o2)C2C=C/C=C\CC=C2N1. The third-order valence-corrected chi connectivity index (χ3v) is 6.49. The van der Waals surface area contributed by atoms with Crippen molar-refractivity contribution in [2.75, 3.05) is 13.6 Å². The average molecular weight is 460 g/mol. The summed E-state index contributed by atoms with van der Waals surface area (Å²) in [6.45, 7) is 6.42. The van der Waals surface area contributed by atoms with Gasteiger partial charge in [-0.05, 0) is 31.1 Å². The molecular formula is C28H33N3O3. The van der Waals surface area contributed by atoms with Crippen LogP contribution in [0, 0.1) is 5.92 Å². The van der Waals surface area contributed by atoms with Crippen LogP contribution in [0.1, 0.15) is 39.4 Å². The molecule has 2 aliphatic heterocycles. The Morgan fingerprint density at radius 3 is 2.74 bits per heavy atom. The van der Waals surface area contributed by atoms with E-state index < -0.39 is 6.04 Å². The van der Waals surface area contributed by atoms with E-state index in [2.05, 4.69) is 35.7 Å². The van der Waals surface area contributed by atoms with Gasteiger partial charge in [-0.25, -0.2) is 0 Å². The number of hydrogen-bond acceptors (Lipinski definition) is 4. The molecule has 5 rings (SSSR count). The number of carbonyl (C=O) groups excluding carboxylic acids is 2. The highest BCUT2D eigenvalue weighted by molar-refractivity contribution is 5.95. The molecule has 1 saturated heterocycles. The van der Waals surface area contributed by atoms with Crippen LogP contribution in [0.4, 0.5) is 0 Å². The zero-order chi connectivity index (χ0) is 24.2. The Morgan fingerprint density at radius 2 is 1.94 bits per heavy atom. The average Bonchev–Trinajstić information content (AvgIpc) is 3.35. The van der Waals surface area contributed by atoms with Crippen molar-refractivity contribution in [3.05, 3.63) is 83.4 Å². The number of benzene rings is 1. The molecule has 34 heavy (non-hydrogen) atoms. The maximum atomic E-state index is 13.2. The molecule has 1 aromatic heterocycles. The molecule has 6 heteroatoms. The first-order chi connectivity index (χ1) is 16.5. The van der Waals surface area contributed by atoms with Gasteiger partial charge in [-0.15, -0.1) is 0 Å². The van der Waals surface area contributed by atoms with Crippen molar-refractivity contribution in [1.82, 2.24) is 15.1 Å². The van der Waals surface area contributed by atoms with E-state index in [4.69, 9.17) is 4.42 Å². The Labute approximate surface area is 201 Å². The minimum absolute atomic E-state index is 0.0341. The van der Waals surface area contributed by atoms with Crippen LogP contribution in [0.5, 0.6) is 0 Å². The normalized spacial score (nSPS) is 23.1. The molecule has 0 saturated carbocycles. The Bertz CT molecular complexity index is 1170. The fourth-order valence-corrected chi connectivity index (χ4v) is 4.82. The molecule has 3 aliphatic rings. The Hall–Kier alpha value is -3.54. The number of amides is 2. The lowest BCUT2D eigenvalue weighted by Crippen LogP contribution is -2.58. The predicted octanol–water partition coefficient (Wildman–Crippen LogP) is 4.91. The summed E-state index contributed by atoms with van der Waals surface area (Å²) in [5.41, 5.74) is 4.14. The van der Waals surface area contributed by atoms with Crippen molar-refractivity contribution < 1.29 is 14.0 Å². The highest BCUT2D eigenvalue weighted by Gasteiger charge is 2.40. The first kappa shape index (κ1) is 23.6. The maximum absolute atomic E-state index is 13.2. The van der Waals surface area contributed by atoms with Crippen LogP contribution >= 0.6 is 0 Å². The zero-order valence-electron chi connectivity index (χ0n) is 20.4. The number of rotatable bonds is 4. The molecule has 6 nitrogen and oxygen atoms in total. The summed E-state index contributed by atoms with van der Waals surface area (Å²) in [6, 6.07) is 9.17. The Kier molecular flexibility index (Phi) is 7.06. The van der Waals surface area contributed by atoms with Crippen molar-refractivity contribution in [2.45, 2.75) is 46.2 Å². The second kappa shape index (κ2) is 10.2. The molecule has 3 heterocycles. The molecule has 1 fully saturated rings. The summed E-state index contributed by atoms with van der Waals surface area (Å²) in [7, 11) is 1.70. The third-order valence-electron chi connectivity index (χ3n) is 6.49. The maximum Gasteiger partial charge on any atom is 0.245 e. The van der Waals surface area contributed by atoms with E-state index in [1.54, 1.807) is 11.9 Å². The lowest BCUT2D eigenvalue weighted by molar-refractivity contribution is -0.155. The van der Waals surface area contributed by atoms with E-state index in [9.17, 15) is 9.59 Å². The minimum atomic E-state index is -0.560. The number of allylic oxidation sites excluding steroid dienone is 6. The number of carbonyl (C=O) groups is 2. The van der Waals surface area contributed by atoms with Gasteiger partial charge in [0.2, 0.25) is 11.8 Å². The van der Waals surface area contributed by atoms with Crippen LogP contribution in [-0.2, 0) is 16.1 Å². The molecular weight excluding hydrogens is 426 g/mol. The van der Waals surface area contributed by atoms with Crippen LogP contribution in [0.3, 0.4) is 0 Å². The van der Waals surface area contributed by atoms with Crippen molar-refractivity contribution in [2.24, 2.45) is 5.92 Å². The summed E-state index contributed by atoms with van der Waals surface area (Å²) < 4.78 is 5.97. The first-order valence-corrected chi connectivity index (χ1v) is 12.0. The standard InChI is InChI=1S/C26H27N3O3.C2H6/c1-17-21(20-10-5-3-4-6-11-22(20)27-17)14-23-26(31)28(2)16-25(30)29(23)15-19-13-18-9-7-8-12-24(18)32-19;1-2/h3-5,7-13,20,23,27H,6,14-16H2,1-2H3;1-2H3/b4-3-,10-5?,22-11?;/t20?,23-;/m0./s1. The van der Waals surface area contributed by atoms with Crippen molar-refractivity contribution in [3.8, 4) is 0 Å². The number of nitrogens with zero attached hydrogens (tertiary/aromatic N) is 2. The second-order valence-electron chi connectivity index (χ2n) is 8.65. The molecule has 178 valence electrons. The molecule has 0 bridgehead atoms. The minimum Gasteiger partial charge on any atom is -0.459 e. The van der Waals surface area contributed by atoms with Crippen LogP contribution < -0.4 is 5.32 Å². The smallest absolute Gasteiger partial charge is 0.245 e. The van der Waals surface area contributed by atoms with Gasteiger partial charge in [0.05, 0.1) is 13.1 Å². The van der Waals surface area contributed by atoms with Gasteiger partial charge in [0.15, 0.2) is 0 Å². The van der Waals surface area contributed by atoms with Crippen LogP contribution in [0.2, 0.25) is 0 Å². The molecule has 1 aromatic carbocycles. The molecule has 2 atom stereocenters. The van der Waals surface area contributed by atoms with E-state index in [1.165, 1.54) is 4.90 Å². The molecule has 1 aliphatic carbocycles. The van der Waals surface area contributed by atoms with Crippen LogP contribution in [0.15, 0.2) is 82.1 Å². The quantitative estimate of drug-likeness (QED) is 0.705. The Morgan fingerprint density at radius 1 is 1.15 bits per heavy atom. The fraction of sp³-hybridized carbons (Fsp3) is 0.357. The van der Waals surface area contributed by atoms with Gasteiger partial charge >= 0.3 is 0 Å². The predicted molar refractivity (Wildman–Crippen MR) is 134 cm³/mol. The first-order valence-electron chi connectivity index (χ1n) is 12.0. The molecule has 0 spiro atoms. The largest absolute Gasteiger partial charge is 0.459 e. The summed E-state index contributed by atoms with van der Waals surface area (Å²) in [6.07, 6.45) is 11.9. The van der Waals surface area contributed by atoms with E-state index in [1.807, 2.05) is 51.1 Å². The third kappa shape index (κ3) is 4.58. The van der Waals surface area contributed by atoms with E-state index in [0.717, 1.165) is 34.4 Å². The number of fused-ring (bicyclic) bond motifs is 2. The van der Waals surface area contributed by atoms with E-state index in [-0.39, 0.29) is 30.8 Å². The van der Waals surface area contributed by atoms with Crippen LogP contribution in [-0.4, -0.2) is 41.2 Å². The van der Waals surface area contributed by atoms with E-state index >= 15 is 0 Å². The number of para-hydroxylation sites is 1.